The Hall–Kier alpha value is -1.41. The number of hydrogen-bond acceptors (Lipinski definition) is 2. The number of Topliss-reactive ketones (excluding diaryl/α,β-unsaturated/α-hetero) is 1. The molecule has 1 aromatic carbocycles. The summed E-state index contributed by atoms with van der Waals surface area (Å²) in [5.41, 5.74) is 5.14. The number of nitrogens with zero attached hydrogens (tertiary/aromatic N) is 1. The van der Waals surface area contributed by atoms with Crippen LogP contribution in [-0.4, -0.2) is 23.8 Å². The van der Waals surface area contributed by atoms with E-state index in [-0.39, 0.29) is 5.78 Å². The lowest BCUT2D eigenvalue weighted by Crippen LogP contribution is -2.31. The number of carbonyl (C=O) groups excluding carboxylic acids is 1. The molecule has 0 fully saturated rings. The molecule has 0 saturated heterocycles. The van der Waals surface area contributed by atoms with E-state index in [2.05, 4.69) is 37.0 Å². The van der Waals surface area contributed by atoms with Gasteiger partial charge in [-0.3, -0.25) is 9.69 Å². The maximum Gasteiger partial charge on any atom is 0.159 e. The van der Waals surface area contributed by atoms with Crippen LogP contribution in [0.1, 0.15) is 55.1 Å². The van der Waals surface area contributed by atoms with Gasteiger partial charge >= 0.3 is 0 Å². The number of carbonyl (C=O) groups is 1. The fourth-order valence-corrected chi connectivity index (χ4v) is 2.85. The largest absolute Gasteiger partial charge is 0.298 e. The Labute approximate surface area is 122 Å². The second kappa shape index (κ2) is 6.85. The molecule has 0 unspecified atom stereocenters. The van der Waals surface area contributed by atoms with E-state index in [0.717, 1.165) is 38.0 Å². The highest BCUT2D eigenvalue weighted by molar-refractivity contribution is 5.94. The van der Waals surface area contributed by atoms with Gasteiger partial charge in [-0.05, 0) is 50.3 Å². The molecule has 2 heteroatoms. The van der Waals surface area contributed by atoms with Crippen molar-refractivity contribution in [1.29, 1.82) is 0 Å². The molecule has 0 bridgehead atoms. The first-order valence-corrected chi connectivity index (χ1v) is 7.63. The van der Waals surface area contributed by atoms with Crippen LogP contribution in [0.25, 0.3) is 0 Å². The maximum absolute atomic E-state index is 11.4. The molecule has 0 amide bonds. The molecule has 0 atom stereocenters. The molecule has 2 nitrogen and oxygen atoms in total. The van der Waals surface area contributed by atoms with Crippen LogP contribution >= 0.6 is 0 Å². The van der Waals surface area contributed by atoms with E-state index < -0.39 is 0 Å². The van der Waals surface area contributed by atoms with Crippen molar-refractivity contribution in [3.05, 3.63) is 46.5 Å². The molecule has 1 aliphatic heterocycles. The Morgan fingerprint density at radius 2 is 2.15 bits per heavy atom. The van der Waals surface area contributed by atoms with Gasteiger partial charge in [-0.2, -0.15) is 0 Å². The van der Waals surface area contributed by atoms with Gasteiger partial charge < -0.3 is 0 Å². The van der Waals surface area contributed by atoms with Gasteiger partial charge in [0.2, 0.25) is 0 Å². The fourth-order valence-electron chi connectivity index (χ4n) is 2.85. The Balaban J connectivity index is 1.99. The first kappa shape index (κ1) is 15.0. The summed E-state index contributed by atoms with van der Waals surface area (Å²) in [6, 6.07) is 6.18. The van der Waals surface area contributed by atoms with Gasteiger partial charge in [0.15, 0.2) is 5.78 Å². The average Bonchev–Trinajstić information content (AvgIpc) is 2.47. The lowest BCUT2D eigenvalue weighted by atomic mass is 9.96. The van der Waals surface area contributed by atoms with Crippen LogP contribution in [0.15, 0.2) is 29.8 Å². The molecule has 0 saturated carbocycles. The van der Waals surface area contributed by atoms with Crippen LogP contribution in [0.2, 0.25) is 0 Å². The van der Waals surface area contributed by atoms with Gasteiger partial charge in [-0.15, -0.1) is 0 Å². The Morgan fingerprint density at radius 1 is 1.35 bits per heavy atom. The third kappa shape index (κ3) is 3.57. The van der Waals surface area contributed by atoms with Gasteiger partial charge in [0.25, 0.3) is 0 Å². The summed E-state index contributed by atoms with van der Waals surface area (Å²) >= 11 is 0. The van der Waals surface area contributed by atoms with E-state index in [1.165, 1.54) is 17.5 Å². The Bertz CT molecular complexity index is 516. The number of rotatable bonds is 5. The summed E-state index contributed by atoms with van der Waals surface area (Å²) in [5, 5.41) is 0. The molecule has 1 aromatic rings. The summed E-state index contributed by atoms with van der Waals surface area (Å²) in [4.78, 5) is 13.9. The predicted molar refractivity (Wildman–Crippen MR) is 84.1 cm³/mol. The van der Waals surface area contributed by atoms with E-state index in [1.54, 1.807) is 12.5 Å². The van der Waals surface area contributed by atoms with E-state index in [9.17, 15) is 4.79 Å². The molecular weight excluding hydrogens is 246 g/mol. The number of benzene rings is 1. The lowest BCUT2D eigenvalue weighted by molar-refractivity contribution is 0.101. The van der Waals surface area contributed by atoms with Crippen molar-refractivity contribution < 1.29 is 4.79 Å². The molecule has 0 spiro atoms. The lowest BCUT2D eigenvalue weighted by Gasteiger charge is -2.29. The second-order valence-corrected chi connectivity index (χ2v) is 5.62. The molecule has 0 radical (unpaired) electrons. The van der Waals surface area contributed by atoms with Crippen LogP contribution in [0, 0.1) is 0 Å². The van der Waals surface area contributed by atoms with Gasteiger partial charge in [0.05, 0.1) is 0 Å². The van der Waals surface area contributed by atoms with E-state index in [4.69, 9.17) is 0 Å². The SMILES string of the molecule is C/C=C(\CC)CCN1CCc2cc(C(C)=O)ccc2C1. The highest BCUT2D eigenvalue weighted by Crippen LogP contribution is 2.21. The van der Waals surface area contributed by atoms with Crippen molar-refractivity contribution in [2.45, 2.75) is 46.6 Å². The van der Waals surface area contributed by atoms with Crippen LogP contribution in [-0.2, 0) is 13.0 Å². The second-order valence-electron chi connectivity index (χ2n) is 5.62. The zero-order chi connectivity index (χ0) is 14.5. The predicted octanol–water partition coefficient (Wildman–Crippen LogP) is 3.99. The summed E-state index contributed by atoms with van der Waals surface area (Å²) in [6.07, 6.45) is 5.64. The van der Waals surface area contributed by atoms with Crippen molar-refractivity contribution in [1.82, 2.24) is 4.90 Å². The summed E-state index contributed by atoms with van der Waals surface area (Å²) in [6.45, 7) is 9.27. The van der Waals surface area contributed by atoms with Crippen molar-refractivity contribution in [2.75, 3.05) is 13.1 Å². The third-order valence-electron chi connectivity index (χ3n) is 4.32. The first-order valence-electron chi connectivity index (χ1n) is 7.63. The molecule has 0 N–H and O–H groups in total. The molecule has 20 heavy (non-hydrogen) atoms. The van der Waals surface area contributed by atoms with E-state index >= 15 is 0 Å². The van der Waals surface area contributed by atoms with Crippen LogP contribution in [0.5, 0.6) is 0 Å². The number of ketones is 1. The maximum atomic E-state index is 11.4. The first-order chi connectivity index (χ1) is 9.63. The monoisotopic (exact) mass is 271 g/mol. The average molecular weight is 271 g/mol. The molecule has 0 aliphatic carbocycles. The minimum Gasteiger partial charge on any atom is -0.298 e. The minimum atomic E-state index is 0.163. The normalized spacial score (nSPS) is 16.1. The smallest absolute Gasteiger partial charge is 0.159 e. The summed E-state index contributed by atoms with van der Waals surface area (Å²) < 4.78 is 0. The van der Waals surface area contributed by atoms with Crippen molar-refractivity contribution in [2.24, 2.45) is 0 Å². The van der Waals surface area contributed by atoms with Gasteiger partial charge in [-0.1, -0.05) is 30.7 Å². The summed E-state index contributed by atoms with van der Waals surface area (Å²) in [7, 11) is 0. The van der Waals surface area contributed by atoms with Crippen LogP contribution in [0.4, 0.5) is 0 Å². The molecule has 2 rings (SSSR count). The standard InChI is InChI=1S/C18H25NO/c1-4-15(5-2)8-10-19-11-9-17-12-16(14(3)20)6-7-18(17)13-19/h4,6-7,12H,5,8-11,13H2,1-3H3/b15-4+. The van der Waals surface area contributed by atoms with E-state index in [0.29, 0.717) is 0 Å². The zero-order valence-electron chi connectivity index (χ0n) is 12.9. The highest BCUT2D eigenvalue weighted by atomic mass is 16.1. The van der Waals surface area contributed by atoms with Crippen molar-refractivity contribution in [3.8, 4) is 0 Å². The van der Waals surface area contributed by atoms with Crippen LogP contribution < -0.4 is 0 Å². The number of allylic oxidation sites excluding steroid dienone is 1. The topological polar surface area (TPSA) is 20.3 Å². The molecule has 1 aliphatic rings. The molecule has 108 valence electrons. The Morgan fingerprint density at radius 3 is 2.80 bits per heavy atom. The summed E-state index contributed by atoms with van der Waals surface area (Å²) in [5.74, 6) is 0.163. The number of fused-ring (bicyclic) bond motifs is 1. The minimum absolute atomic E-state index is 0.163. The Kier molecular flexibility index (Phi) is 5.13. The molecule has 1 heterocycles. The molecular formula is C18H25NO. The van der Waals surface area contributed by atoms with Crippen molar-refractivity contribution >= 4 is 5.78 Å². The van der Waals surface area contributed by atoms with Gasteiger partial charge in [0.1, 0.15) is 0 Å². The van der Waals surface area contributed by atoms with E-state index in [1.807, 2.05) is 6.07 Å². The highest BCUT2D eigenvalue weighted by Gasteiger charge is 2.17. The zero-order valence-corrected chi connectivity index (χ0v) is 12.9. The van der Waals surface area contributed by atoms with Gasteiger partial charge in [0, 0.05) is 25.2 Å². The van der Waals surface area contributed by atoms with Crippen molar-refractivity contribution in [3.63, 3.8) is 0 Å². The number of hydrogen-bond donors (Lipinski definition) is 0. The van der Waals surface area contributed by atoms with Crippen LogP contribution in [0.3, 0.4) is 0 Å². The fraction of sp³-hybridized carbons (Fsp3) is 0.500. The quantitative estimate of drug-likeness (QED) is 0.596. The third-order valence-corrected chi connectivity index (χ3v) is 4.32. The van der Waals surface area contributed by atoms with Gasteiger partial charge in [-0.25, -0.2) is 0 Å². The molecule has 0 aromatic heterocycles.